The molecule has 2 aromatic rings. The SMILES string of the molecule is CCOC(=O)C[C@H]1O[C@H](c2cccc(C(F)(F)F)c2OC)c2cc(Cl)ccc2NC1=S. The minimum atomic E-state index is -4.64. The summed E-state index contributed by atoms with van der Waals surface area (Å²) in [4.78, 5) is 12.3. The summed E-state index contributed by atoms with van der Waals surface area (Å²) in [5, 5.41) is 3.36. The fraction of sp³-hybridized carbons (Fsp3) is 0.333. The van der Waals surface area contributed by atoms with Crippen LogP contribution in [0.5, 0.6) is 5.75 Å². The van der Waals surface area contributed by atoms with Gasteiger partial charge in [0, 0.05) is 21.8 Å². The molecule has 0 aromatic heterocycles. The zero-order valence-electron chi connectivity index (χ0n) is 16.6. The van der Waals surface area contributed by atoms with Gasteiger partial charge < -0.3 is 19.5 Å². The minimum Gasteiger partial charge on any atom is -0.496 e. The van der Waals surface area contributed by atoms with Crippen LogP contribution in [-0.2, 0) is 20.4 Å². The number of nitrogens with one attached hydrogen (secondary N) is 1. The Hall–Kier alpha value is -2.36. The van der Waals surface area contributed by atoms with E-state index in [0.717, 1.165) is 13.2 Å². The van der Waals surface area contributed by atoms with Gasteiger partial charge in [-0.05, 0) is 31.2 Å². The molecule has 0 saturated heterocycles. The molecule has 0 unspecified atom stereocenters. The highest BCUT2D eigenvalue weighted by Gasteiger charge is 2.38. The van der Waals surface area contributed by atoms with Crippen molar-refractivity contribution in [3.05, 3.63) is 58.1 Å². The lowest BCUT2D eigenvalue weighted by atomic mass is 9.96. The fourth-order valence-corrected chi connectivity index (χ4v) is 3.77. The second-order valence-electron chi connectivity index (χ2n) is 6.66. The molecule has 0 amide bonds. The second kappa shape index (κ2) is 9.42. The van der Waals surface area contributed by atoms with Crippen LogP contribution >= 0.6 is 23.8 Å². The predicted molar refractivity (Wildman–Crippen MR) is 114 cm³/mol. The maximum atomic E-state index is 13.6. The Morgan fingerprint density at radius 3 is 2.65 bits per heavy atom. The lowest BCUT2D eigenvalue weighted by Gasteiger charge is -2.25. The van der Waals surface area contributed by atoms with E-state index in [-0.39, 0.29) is 29.3 Å². The topological polar surface area (TPSA) is 56.8 Å². The highest BCUT2D eigenvalue weighted by atomic mass is 35.5. The molecule has 5 nitrogen and oxygen atoms in total. The quantitative estimate of drug-likeness (QED) is 0.454. The number of thiocarbonyl (C=S) groups is 1. The molecule has 2 aromatic carbocycles. The van der Waals surface area contributed by atoms with Gasteiger partial charge in [0.2, 0.25) is 0 Å². The number of para-hydroxylation sites is 1. The van der Waals surface area contributed by atoms with Gasteiger partial charge in [0.25, 0.3) is 0 Å². The van der Waals surface area contributed by atoms with E-state index < -0.39 is 29.9 Å². The number of anilines is 1. The maximum Gasteiger partial charge on any atom is 0.419 e. The van der Waals surface area contributed by atoms with Crippen LogP contribution in [-0.4, -0.2) is 30.8 Å². The first-order valence-corrected chi connectivity index (χ1v) is 10.1. The van der Waals surface area contributed by atoms with Crippen LogP contribution in [0.2, 0.25) is 5.02 Å². The van der Waals surface area contributed by atoms with Crippen molar-refractivity contribution in [2.75, 3.05) is 19.0 Å². The van der Waals surface area contributed by atoms with Crippen molar-refractivity contribution in [1.29, 1.82) is 0 Å². The molecule has 0 radical (unpaired) electrons. The Morgan fingerprint density at radius 2 is 2.00 bits per heavy atom. The van der Waals surface area contributed by atoms with Crippen LogP contribution in [0, 0.1) is 0 Å². The fourth-order valence-electron chi connectivity index (χ4n) is 3.34. The molecule has 0 saturated carbocycles. The van der Waals surface area contributed by atoms with Crippen molar-refractivity contribution in [2.45, 2.75) is 31.7 Å². The average molecular weight is 474 g/mol. The van der Waals surface area contributed by atoms with E-state index in [0.29, 0.717) is 16.3 Å². The van der Waals surface area contributed by atoms with E-state index in [2.05, 4.69) is 5.32 Å². The zero-order chi connectivity index (χ0) is 22.8. The van der Waals surface area contributed by atoms with E-state index in [1.54, 1.807) is 25.1 Å². The van der Waals surface area contributed by atoms with Gasteiger partial charge in [-0.1, -0.05) is 36.0 Å². The lowest BCUT2D eigenvalue weighted by molar-refractivity contribution is -0.145. The average Bonchev–Trinajstić information content (AvgIpc) is 2.83. The van der Waals surface area contributed by atoms with Crippen LogP contribution in [0.25, 0.3) is 0 Å². The number of halogens is 4. The third kappa shape index (κ3) is 5.11. The summed E-state index contributed by atoms with van der Waals surface area (Å²) in [6.07, 6.45) is -6.83. The van der Waals surface area contributed by atoms with Crippen molar-refractivity contribution >= 4 is 40.5 Å². The van der Waals surface area contributed by atoms with Crippen LogP contribution < -0.4 is 10.1 Å². The first-order valence-electron chi connectivity index (χ1n) is 9.31. The van der Waals surface area contributed by atoms with Gasteiger partial charge in [-0.25, -0.2) is 0 Å². The molecule has 0 aliphatic carbocycles. The molecule has 1 heterocycles. The maximum absolute atomic E-state index is 13.6. The molecule has 2 atom stereocenters. The molecule has 31 heavy (non-hydrogen) atoms. The van der Waals surface area contributed by atoms with Gasteiger partial charge in [0.1, 0.15) is 22.9 Å². The van der Waals surface area contributed by atoms with Crippen molar-refractivity contribution in [2.24, 2.45) is 0 Å². The molecule has 1 aliphatic rings. The number of hydrogen-bond donors (Lipinski definition) is 1. The lowest BCUT2D eigenvalue weighted by Crippen LogP contribution is -2.31. The summed E-state index contributed by atoms with van der Waals surface area (Å²) >= 11 is 11.5. The van der Waals surface area contributed by atoms with Gasteiger partial charge in [0.05, 0.1) is 25.7 Å². The highest BCUT2D eigenvalue weighted by Crippen LogP contribution is 2.45. The molecule has 3 rings (SSSR count). The van der Waals surface area contributed by atoms with E-state index in [4.69, 9.17) is 38.0 Å². The van der Waals surface area contributed by atoms with E-state index in [1.165, 1.54) is 12.1 Å². The number of ether oxygens (including phenoxy) is 3. The van der Waals surface area contributed by atoms with E-state index in [1.807, 2.05) is 0 Å². The van der Waals surface area contributed by atoms with E-state index in [9.17, 15) is 18.0 Å². The summed E-state index contributed by atoms with van der Waals surface area (Å²) in [6.45, 7) is 1.84. The van der Waals surface area contributed by atoms with Crippen LogP contribution in [0.3, 0.4) is 0 Å². The van der Waals surface area contributed by atoms with Crippen molar-refractivity contribution in [1.82, 2.24) is 0 Å². The molecule has 1 N–H and O–H groups in total. The Bertz CT molecular complexity index is 999. The summed E-state index contributed by atoms with van der Waals surface area (Å²) in [5.41, 5.74) is 0.145. The number of esters is 1. The molecule has 10 heteroatoms. The molecule has 0 spiro atoms. The first-order chi connectivity index (χ1) is 14.7. The predicted octanol–water partition coefficient (Wildman–Crippen LogP) is 5.55. The Labute approximate surface area is 187 Å². The minimum absolute atomic E-state index is 0.126. The molecule has 0 fully saturated rings. The molecular formula is C21H19ClF3NO4S. The molecular weight excluding hydrogens is 455 g/mol. The second-order valence-corrected chi connectivity index (χ2v) is 7.54. The summed E-state index contributed by atoms with van der Waals surface area (Å²) < 4.78 is 57.0. The summed E-state index contributed by atoms with van der Waals surface area (Å²) in [7, 11) is 1.16. The van der Waals surface area contributed by atoms with Gasteiger partial charge in [-0.3, -0.25) is 4.79 Å². The van der Waals surface area contributed by atoms with Crippen LogP contribution in [0.4, 0.5) is 18.9 Å². The zero-order valence-corrected chi connectivity index (χ0v) is 18.2. The smallest absolute Gasteiger partial charge is 0.419 e. The highest BCUT2D eigenvalue weighted by molar-refractivity contribution is 7.80. The van der Waals surface area contributed by atoms with Gasteiger partial charge >= 0.3 is 12.1 Å². The Kier molecular flexibility index (Phi) is 7.08. The van der Waals surface area contributed by atoms with Gasteiger partial charge in [0.15, 0.2) is 0 Å². The monoisotopic (exact) mass is 473 g/mol. The number of benzene rings is 2. The van der Waals surface area contributed by atoms with Crippen molar-refractivity contribution < 1.29 is 32.2 Å². The number of rotatable bonds is 5. The molecule has 166 valence electrons. The van der Waals surface area contributed by atoms with Gasteiger partial charge in [-0.15, -0.1) is 0 Å². The molecule has 0 bridgehead atoms. The number of carbonyl (C=O) groups excluding carboxylic acids is 1. The summed E-state index contributed by atoms with van der Waals surface area (Å²) in [6, 6.07) is 8.50. The number of methoxy groups -OCH3 is 1. The van der Waals surface area contributed by atoms with Crippen LogP contribution in [0.15, 0.2) is 36.4 Å². The largest absolute Gasteiger partial charge is 0.496 e. The van der Waals surface area contributed by atoms with Crippen molar-refractivity contribution in [3.8, 4) is 5.75 Å². The number of carbonyl (C=O) groups is 1. The van der Waals surface area contributed by atoms with Crippen molar-refractivity contribution in [3.63, 3.8) is 0 Å². The third-order valence-electron chi connectivity index (χ3n) is 4.64. The summed E-state index contributed by atoms with van der Waals surface area (Å²) in [5.74, 6) is -0.927. The standard InChI is InChI=1S/C21H19ClF3NO4S/c1-3-29-17(27)10-16-20(31)26-15-8-7-11(22)9-13(15)18(30-16)12-5-4-6-14(19(12)28-2)21(23,24)25/h4-9,16,18H,3,10H2,1-2H3,(H,26,31)/t16-,18-/m1/s1. The van der Waals surface area contributed by atoms with Gasteiger partial charge in [-0.2, -0.15) is 13.2 Å². The number of fused-ring (bicyclic) bond motifs is 1. The first kappa shape index (κ1) is 23.3. The van der Waals surface area contributed by atoms with Crippen LogP contribution in [0.1, 0.15) is 36.1 Å². The molecule has 1 aliphatic heterocycles. The third-order valence-corrected chi connectivity index (χ3v) is 5.24. The van der Waals surface area contributed by atoms with E-state index >= 15 is 0 Å². The number of hydrogen-bond acceptors (Lipinski definition) is 5. The number of alkyl halides is 3. The Balaban J connectivity index is 2.15. The normalized spacial score (nSPS) is 18.6. The Morgan fingerprint density at radius 1 is 1.26 bits per heavy atom.